The Hall–Kier alpha value is -4.25. The summed E-state index contributed by atoms with van der Waals surface area (Å²) in [7, 11) is 1.57. The molecule has 0 bridgehead atoms. The number of phenols is 1. The largest absolute Gasteiger partial charge is 0.507 e. The second-order valence-electron chi connectivity index (χ2n) is 11.5. The van der Waals surface area contributed by atoms with Gasteiger partial charge in [-0.15, -0.1) is 0 Å². The third-order valence-corrected chi connectivity index (χ3v) is 9.07. The molecule has 0 saturated carbocycles. The van der Waals surface area contributed by atoms with E-state index >= 15 is 0 Å². The molecule has 2 N–H and O–H groups in total. The van der Waals surface area contributed by atoms with E-state index in [1.165, 1.54) is 0 Å². The van der Waals surface area contributed by atoms with Gasteiger partial charge in [0.2, 0.25) is 11.8 Å². The standard InChI is InChI=1S/C34H34BNO8/c1-42-19-23-17-26-31(33(39)36(32(26)38)34(40)43-2)27-18-35(41)44-29(30(23)27)15-13-21(20-8-4-3-5-9-20)16-22-12-14-28(37)25-11-7-6-10-24(22)25/h3-12,14,16,26-27,29,31,37,41H,13,15,17-19H2,1-2H3/b21-16-/t26-,27+,29-,31-/m1/s1. The van der Waals surface area contributed by atoms with Crippen LogP contribution in [0.25, 0.3) is 22.4 Å². The molecule has 10 heteroatoms. The highest BCUT2D eigenvalue weighted by Crippen LogP contribution is 2.51. The van der Waals surface area contributed by atoms with Gasteiger partial charge in [-0.2, -0.15) is 4.90 Å². The van der Waals surface area contributed by atoms with E-state index in [1.807, 2.05) is 60.7 Å². The van der Waals surface area contributed by atoms with E-state index in [0.717, 1.165) is 45.7 Å². The SMILES string of the molecule is COCC1=C2[C@@H](CC/C(=C/c3ccc(O)c4ccccc34)c3ccccc3)OB(O)C[C@@H]2[C@@H]2C(=O)N(C(=O)OC)C(=O)[C@@H]2C1. The van der Waals surface area contributed by atoms with Crippen LogP contribution in [0.3, 0.4) is 0 Å². The van der Waals surface area contributed by atoms with Crippen molar-refractivity contribution in [3.8, 4) is 5.75 Å². The van der Waals surface area contributed by atoms with Crippen molar-refractivity contribution in [3.05, 3.63) is 89.0 Å². The Kier molecular flexibility index (Phi) is 8.40. The molecule has 3 aromatic rings. The lowest BCUT2D eigenvalue weighted by Gasteiger charge is -2.43. The minimum Gasteiger partial charge on any atom is -0.507 e. The zero-order chi connectivity index (χ0) is 31.0. The van der Waals surface area contributed by atoms with Gasteiger partial charge in [0, 0.05) is 12.5 Å². The minimum absolute atomic E-state index is 0.134. The van der Waals surface area contributed by atoms with Gasteiger partial charge in [0.15, 0.2) is 0 Å². The summed E-state index contributed by atoms with van der Waals surface area (Å²) in [6.45, 7) is 0.242. The minimum atomic E-state index is -1.14. The van der Waals surface area contributed by atoms with Crippen LogP contribution < -0.4 is 0 Å². The number of likely N-dealkylation sites (tertiary alicyclic amines) is 1. The van der Waals surface area contributed by atoms with E-state index in [-0.39, 0.29) is 25.1 Å². The summed E-state index contributed by atoms with van der Waals surface area (Å²) < 4.78 is 16.4. The third kappa shape index (κ3) is 5.34. The average molecular weight is 595 g/mol. The monoisotopic (exact) mass is 595 g/mol. The number of imide groups is 3. The zero-order valence-corrected chi connectivity index (χ0v) is 24.6. The number of nitrogens with zero attached hydrogens (tertiary/aromatic N) is 1. The quantitative estimate of drug-likeness (QED) is 0.168. The molecule has 0 unspecified atom stereocenters. The number of rotatable bonds is 7. The summed E-state index contributed by atoms with van der Waals surface area (Å²) in [4.78, 5) is 39.7. The van der Waals surface area contributed by atoms with Gasteiger partial charge >= 0.3 is 13.2 Å². The van der Waals surface area contributed by atoms with Crippen molar-refractivity contribution in [2.24, 2.45) is 17.8 Å². The molecule has 3 amide bonds. The smallest absolute Gasteiger partial charge is 0.455 e. The van der Waals surface area contributed by atoms with Crippen LogP contribution in [0.4, 0.5) is 4.79 Å². The number of carbonyl (C=O) groups excluding carboxylic acids is 3. The Labute approximate surface area is 255 Å². The number of benzene rings is 3. The Morgan fingerprint density at radius 2 is 1.73 bits per heavy atom. The highest BCUT2D eigenvalue weighted by molar-refractivity contribution is 6.43. The van der Waals surface area contributed by atoms with Crippen LogP contribution in [-0.2, 0) is 23.7 Å². The van der Waals surface area contributed by atoms with Gasteiger partial charge in [-0.25, -0.2) is 4.79 Å². The van der Waals surface area contributed by atoms with E-state index in [0.29, 0.717) is 17.7 Å². The van der Waals surface area contributed by atoms with Crippen LogP contribution in [0.15, 0.2) is 77.9 Å². The van der Waals surface area contributed by atoms with Crippen molar-refractivity contribution in [1.29, 1.82) is 0 Å². The number of phenolic OH excluding ortho intramolecular Hbond substituents is 1. The Balaban J connectivity index is 1.36. The summed E-state index contributed by atoms with van der Waals surface area (Å²) in [6.07, 6.45) is 2.05. The molecule has 1 aliphatic carbocycles. The van der Waals surface area contributed by atoms with Gasteiger partial charge in [-0.3, -0.25) is 9.59 Å². The fraction of sp³-hybridized carbons (Fsp3) is 0.324. The van der Waals surface area contributed by atoms with Crippen molar-refractivity contribution in [2.75, 3.05) is 20.8 Å². The van der Waals surface area contributed by atoms with Crippen LogP contribution in [0.5, 0.6) is 5.75 Å². The van der Waals surface area contributed by atoms with Crippen molar-refractivity contribution in [1.82, 2.24) is 4.90 Å². The number of ether oxygens (including phenoxy) is 2. The molecule has 3 aromatic carbocycles. The molecule has 0 spiro atoms. The van der Waals surface area contributed by atoms with E-state index in [9.17, 15) is 24.5 Å². The van der Waals surface area contributed by atoms with Gasteiger partial charge in [-0.1, -0.05) is 66.7 Å². The van der Waals surface area contributed by atoms with Gasteiger partial charge in [0.05, 0.1) is 31.7 Å². The van der Waals surface area contributed by atoms with E-state index in [2.05, 4.69) is 6.08 Å². The maximum absolute atomic E-state index is 13.5. The molecule has 226 valence electrons. The van der Waals surface area contributed by atoms with Crippen LogP contribution in [0, 0.1) is 17.8 Å². The second kappa shape index (κ2) is 12.4. The summed E-state index contributed by atoms with van der Waals surface area (Å²) in [5.74, 6) is -2.95. The lowest BCUT2D eigenvalue weighted by atomic mass is 9.58. The van der Waals surface area contributed by atoms with Gasteiger partial charge in [-0.05, 0) is 70.8 Å². The molecule has 9 nitrogen and oxygen atoms in total. The molecule has 4 atom stereocenters. The van der Waals surface area contributed by atoms with Gasteiger partial charge in [0.1, 0.15) is 5.75 Å². The second-order valence-corrected chi connectivity index (χ2v) is 11.5. The van der Waals surface area contributed by atoms with E-state index in [1.54, 1.807) is 13.2 Å². The summed E-state index contributed by atoms with van der Waals surface area (Å²) in [5, 5.41) is 23.0. The summed E-state index contributed by atoms with van der Waals surface area (Å²) in [6, 6.07) is 21.3. The predicted molar refractivity (Wildman–Crippen MR) is 165 cm³/mol. The number of hydrogen-bond donors (Lipinski definition) is 2. The van der Waals surface area contributed by atoms with Crippen molar-refractivity contribution in [3.63, 3.8) is 0 Å². The number of methoxy groups -OCH3 is 2. The first-order valence-corrected chi connectivity index (χ1v) is 14.8. The average Bonchev–Trinajstić information content (AvgIpc) is 3.29. The van der Waals surface area contributed by atoms with Crippen LogP contribution in [0.1, 0.15) is 30.4 Å². The van der Waals surface area contributed by atoms with Crippen LogP contribution in [0.2, 0.25) is 6.32 Å². The Morgan fingerprint density at radius 1 is 1.00 bits per heavy atom. The molecule has 3 aliphatic rings. The molecule has 6 rings (SSSR count). The maximum atomic E-state index is 13.5. The fourth-order valence-corrected chi connectivity index (χ4v) is 7.20. The third-order valence-electron chi connectivity index (χ3n) is 9.07. The number of aromatic hydroxyl groups is 1. The number of carbonyl (C=O) groups is 3. The molecule has 2 heterocycles. The molecular weight excluding hydrogens is 561 g/mol. The zero-order valence-electron chi connectivity index (χ0n) is 24.6. The van der Waals surface area contributed by atoms with Crippen molar-refractivity contribution >= 4 is 47.4 Å². The number of amides is 3. The van der Waals surface area contributed by atoms with Crippen molar-refractivity contribution in [2.45, 2.75) is 31.7 Å². The first-order chi connectivity index (χ1) is 21.3. The highest BCUT2D eigenvalue weighted by Gasteiger charge is 2.59. The van der Waals surface area contributed by atoms with E-state index < -0.39 is 48.9 Å². The topological polar surface area (TPSA) is 123 Å². The number of hydrogen-bond acceptors (Lipinski definition) is 8. The first kappa shape index (κ1) is 29.8. The number of allylic oxidation sites excluding steroid dienone is 1. The predicted octanol–water partition coefficient (Wildman–Crippen LogP) is 5.08. The Bertz CT molecular complexity index is 1670. The van der Waals surface area contributed by atoms with Crippen molar-refractivity contribution < 1.29 is 38.6 Å². The lowest BCUT2D eigenvalue weighted by Crippen LogP contribution is -2.46. The summed E-state index contributed by atoms with van der Waals surface area (Å²) >= 11 is 0. The normalized spacial score (nSPS) is 23.7. The molecule has 2 fully saturated rings. The fourth-order valence-electron chi connectivity index (χ4n) is 7.20. The lowest BCUT2D eigenvalue weighted by molar-refractivity contribution is -0.137. The van der Waals surface area contributed by atoms with Crippen LogP contribution in [-0.4, -0.2) is 67.0 Å². The molecule has 2 aliphatic heterocycles. The maximum Gasteiger partial charge on any atom is 0.455 e. The first-order valence-electron chi connectivity index (χ1n) is 14.8. The highest BCUT2D eigenvalue weighted by atomic mass is 16.5. The Morgan fingerprint density at radius 3 is 2.45 bits per heavy atom. The molecule has 44 heavy (non-hydrogen) atoms. The molecular formula is C34H34BNO8. The number of fused-ring (bicyclic) bond motifs is 4. The van der Waals surface area contributed by atoms with Gasteiger partial charge in [0.25, 0.3) is 0 Å². The summed E-state index contributed by atoms with van der Waals surface area (Å²) in [5.41, 5.74) is 4.75. The van der Waals surface area contributed by atoms with E-state index in [4.69, 9.17) is 14.1 Å². The van der Waals surface area contributed by atoms with Gasteiger partial charge < -0.3 is 24.3 Å². The van der Waals surface area contributed by atoms with Crippen LogP contribution >= 0.6 is 0 Å². The molecule has 0 aromatic heterocycles. The molecule has 0 radical (unpaired) electrons. The molecule has 2 saturated heterocycles.